The van der Waals surface area contributed by atoms with Gasteiger partial charge in [-0.05, 0) is 52.0 Å². The zero-order valence-electron chi connectivity index (χ0n) is 17.0. The third-order valence-corrected chi connectivity index (χ3v) is 5.15. The molecule has 1 N–H and O–H groups in total. The molecule has 0 unspecified atom stereocenters. The molecule has 1 amide bonds. The fourth-order valence-corrected chi connectivity index (χ4v) is 3.99. The normalized spacial score (nSPS) is 22.9. The molecule has 1 saturated carbocycles. The van der Waals surface area contributed by atoms with Crippen LogP contribution in [0.4, 0.5) is 4.79 Å². The van der Waals surface area contributed by atoms with Gasteiger partial charge in [0.1, 0.15) is 5.60 Å². The number of nitrogens with zero attached hydrogens (tertiary/aromatic N) is 1. The molecule has 1 aromatic rings. The van der Waals surface area contributed by atoms with Crippen molar-refractivity contribution in [3.63, 3.8) is 0 Å². The van der Waals surface area contributed by atoms with Gasteiger partial charge in [0.15, 0.2) is 0 Å². The summed E-state index contributed by atoms with van der Waals surface area (Å²) < 4.78 is 5.41. The maximum absolute atomic E-state index is 12.1. The Balaban J connectivity index is 2.15. The van der Waals surface area contributed by atoms with Crippen LogP contribution in [0.2, 0.25) is 0 Å². The van der Waals surface area contributed by atoms with Gasteiger partial charge in [0.25, 0.3) is 0 Å². The van der Waals surface area contributed by atoms with Crippen LogP contribution in [0.5, 0.6) is 0 Å². The molecule has 0 heterocycles. The summed E-state index contributed by atoms with van der Waals surface area (Å²) in [4.78, 5) is 14.6. The first-order valence-corrected chi connectivity index (χ1v) is 9.82. The van der Waals surface area contributed by atoms with Crippen molar-refractivity contribution < 1.29 is 9.53 Å². The van der Waals surface area contributed by atoms with Crippen molar-refractivity contribution in [2.24, 2.45) is 0 Å². The second kappa shape index (κ2) is 9.23. The fourth-order valence-electron chi connectivity index (χ4n) is 3.99. The molecule has 0 aliphatic heterocycles. The van der Waals surface area contributed by atoms with Crippen LogP contribution in [-0.4, -0.2) is 35.7 Å². The highest BCUT2D eigenvalue weighted by Crippen LogP contribution is 2.42. The van der Waals surface area contributed by atoms with Gasteiger partial charge < -0.3 is 10.1 Å². The van der Waals surface area contributed by atoms with Gasteiger partial charge in [0.2, 0.25) is 0 Å². The van der Waals surface area contributed by atoms with E-state index in [0.29, 0.717) is 0 Å². The van der Waals surface area contributed by atoms with Gasteiger partial charge in [-0.15, -0.1) is 13.2 Å². The summed E-state index contributed by atoms with van der Waals surface area (Å²) in [7, 11) is 0. The summed E-state index contributed by atoms with van der Waals surface area (Å²) in [5, 5.41) is 3.05. The lowest BCUT2D eigenvalue weighted by Crippen LogP contribution is -2.52. The van der Waals surface area contributed by atoms with Crippen molar-refractivity contribution in [1.82, 2.24) is 10.2 Å². The Labute approximate surface area is 164 Å². The summed E-state index contributed by atoms with van der Waals surface area (Å²) in [6, 6.07) is 10.8. The van der Waals surface area contributed by atoms with Crippen LogP contribution in [0.15, 0.2) is 55.6 Å². The predicted octanol–water partition coefficient (Wildman–Crippen LogP) is 5.02. The second-order valence-electron chi connectivity index (χ2n) is 8.30. The number of carbonyl (C=O) groups is 1. The largest absolute Gasteiger partial charge is 0.444 e. The van der Waals surface area contributed by atoms with Crippen LogP contribution in [0, 0.1) is 0 Å². The summed E-state index contributed by atoms with van der Waals surface area (Å²) in [6.07, 6.45) is 7.36. The topological polar surface area (TPSA) is 41.6 Å². The maximum atomic E-state index is 12.1. The highest BCUT2D eigenvalue weighted by Gasteiger charge is 2.41. The number of benzene rings is 1. The molecule has 0 saturated heterocycles. The zero-order chi connectivity index (χ0) is 19.9. The zero-order valence-corrected chi connectivity index (χ0v) is 17.0. The maximum Gasteiger partial charge on any atom is 0.407 e. The number of hydrogen-bond acceptors (Lipinski definition) is 3. The third kappa shape index (κ3) is 5.70. The van der Waals surface area contributed by atoms with E-state index in [-0.39, 0.29) is 17.7 Å². The van der Waals surface area contributed by atoms with Crippen LogP contribution in [0.3, 0.4) is 0 Å². The molecule has 0 spiro atoms. The Morgan fingerprint density at radius 1 is 1.19 bits per heavy atom. The van der Waals surface area contributed by atoms with E-state index in [2.05, 4.69) is 53.7 Å². The van der Waals surface area contributed by atoms with Crippen LogP contribution >= 0.6 is 0 Å². The van der Waals surface area contributed by atoms with Crippen LogP contribution in [-0.2, 0) is 10.3 Å². The molecular weight excluding hydrogens is 336 g/mol. The molecule has 0 atom stereocenters. The Morgan fingerprint density at radius 3 is 2.22 bits per heavy atom. The van der Waals surface area contributed by atoms with Gasteiger partial charge in [0.05, 0.1) is 0 Å². The van der Waals surface area contributed by atoms with E-state index in [0.717, 1.165) is 38.8 Å². The van der Waals surface area contributed by atoms with Crippen molar-refractivity contribution in [2.45, 2.75) is 63.6 Å². The van der Waals surface area contributed by atoms with Gasteiger partial charge in [0, 0.05) is 24.7 Å². The van der Waals surface area contributed by atoms with E-state index in [9.17, 15) is 4.79 Å². The molecule has 0 bridgehead atoms. The monoisotopic (exact) mass is 370 g/mol. The van der Waals surface area contributed by atoms with Crippen LogP contribution in [0.1, 0.15) is 52.0 Å². The number of hydrogen-bond donors (Lipinski definition) is 1. The van der Waals surface area contributed by atoms with Crippen LogP contribution < -0.4 is 5.32 Å². The van der Waals surface area contributed by atoms with Gasteiger partial charge in [-0.3, -0.25) is 4.90 Å². The molecule has 4 heteroatoms. The van der Waals surface area contributed by atoms with Crippen molar-refractivity contribution in [3.8, 4) is 0 Å². The van der Waals surface area contributed by atoms with Crippen molar-refractivity contribution in [1.29, 1.82) is 0 Å². The number of nitrogens with one attached hydrogen (secondary N) is 1. The Hall–Kier alpha value is -2.07. The highest BCUT2D eigenvalue weighted by atomic mass is 16.6. The minimum Gasteiger partial charge on any atom is -0.444 e. The van der Waals surface area contributed by atoms with Gasteiger partial charge >= 0.3 is 6.09 Å². The summed E-state index contributed by atoms with van der Waals surface area (Å²) >= 11 is 0. The van der Waals surface area contributed by atoms with Crippen molar-refractivity contribution in [2.75, 3.05) is 13.1 Å². The lowest BCUT2D eigenvalue weighted by molar-refractivity contribution is 0.0376. The first kappa shape index (κ1) is 21.2. The Kier molecular flexibility index (Phi) is 7.25. The molecule has 27 heavy (non-hydrogen) atoms. The number of rotatable bonds is 7. The molecule has 1 aliphatic rings. The first-order chi connectivity index (χ1) is 12.8. The van der Waals surface area contributed by atoms with Crippen LogP contribution in [0.25, 0.3) is 0 Å². The van der Waals surface area contributed by atoms with Gasteiger partial charge in [-0.1, -0.05) is 42.5 Å². The van der Waals surface area contributed by atoms with E-state index in [1.807, 2.05) is 32.9 Å². The highest BCUT2D eigenvalue weighted by molar-refractivity contribution is 5.68. The number of carbonyl (C=O) groups excluding carboxylic acids is 1. The molecular formula is C23H34N2O2. The van der Waals surface area contributed by atoms with E-state index in [4.69, 9.17) is 4.74 Å². The molecule has 0 aromatic heterocycles. The van der Waals surface area contributed by atoms with Crippen molar-refractivity contribution in [3.05, 3.63) is 61.2 Å². The lowest BCUT2D eigenvalue weighted by atomic mass is 9.73. The molecule has 148 valence electrons. The molecule has 2 rings (SSSR count). The number of alkyl carbamates (subject to hydrolysis) is 1. The van der Waals surface area contributed by atoms with E-state index < -0.39 is 5.60 Å². The van der Waals surface area contributed by atoms with Gasteiger partial charge in [-0.25, -0.2) is 4.79 Å². The van der Waals surface area contributed by atoms with E-state index in [1.54, 1.807) is 0 Å². The smallest absolute Gasteiger partial charge is 0.407 e. The number of amides is 1. The molecule has 1 aromatic carbocycles. The average molecular weight is 371 g/mol. The minimum absolute atomic E-state index is 0.0598. The Morgan fingerprint density at radius 2 is 1.74 bits per heavy atom. The second-order valence-corrected chi connectivity index (χ2v) is 8.30. The van der Waals surface area contributed by atoms with E-state index in [1.165, 1.54) is 5.56 Å². The summed E-state index contributed by atoms with van der Waals surface area (Å²) in [6.45, 7) is 15.2. The minimum atomic E-state index is -0.475. The summed E-state index contributed by atoms with van der Waals surface area (Å²) in [5.74, 6) is 0. The standard InChI is InChI=1S/C23H34N2O2/c1-6-17-25(18-7-2)23(19-11-9-8-10-12-19)15-13-20(14-16-23)24-21(26)27-22(3,4)5/h6-12,20H,1-2,13-18H2,3-5H3,(H,24,26). The van der Waals surface area contributed by atoms with E-state index >= 15 is 0 Å². The Bertz CT molecular complexity index is 616. The lowest BCUT2D eigenvalue weighted by Gasteiger charge is -2.48. The summed E-state index contributed by atoms with van der Waals surface area (Å²) in [5.41, 5.74) is 0.789. The first-order valence-electron chi connectivity index (χ1n) is 9.82. The van der Waals surface area contributed by atoms with Crippen molar-refractivity contribution >= 4 is 6.09 Å². The SMILES string of the molecule is C=CCN(CC=C)C1(c2ccccc2)CCC(NC(=O)OC(C)(C)C)CC1. The fraction of sp³-hybridized carbons (Fsp3) is 0.522. The number of ether oxygens (including phenoxy) is 1. The quantitative estimate of drug-likeness (QED) is 0.685. The third-order valence-electron chi connectivity index (χ3n) is 5.15. The molecule has 1 fully saturated rings. The predicted molar refractivity (Wildman–Crippen MR) is 112 cm³/mol. The molecule has 0 radical (unpaired) electrons. The molecule has 1 aliphatic carbocycles. The molecule has 4 nitrogen and oxygen atoms in total. The van der Waals surface area contributed by atoms with Gasteiger partial charge in [-0.2, -0.15) is 0 Å². The average Bonchev–Trinajstić information content (AvgIpc) is 2.61.